The minimum absolute atomic E-state index is 0.00940. The van der Waals surface area contributed by atoms with Crippen molar-refractivity contribution in [3.63, 3.8) is 0 Å². The number of rotatable bonds is 8. The Balaban J connectivity index is 1.51. The molecule has 0 bridgehead atoms. The maximum atomic E-state index is 12.1. The molecule has 1 aromatic carbocycles. The summed E-state index contributed by atoms with van der Waals surface area (Å²) in [6.07, 6.45) is 3.57. The van der Waals surface area contributed by atoms with E-state index in [-0.39, 0.29) is 40.4 Å². The van der Waals surface area contributed by atoms with Crippen molar-refractivity contribution in [2.75, 3.05) is 13.2 Å². The third-order valence-electron chi connectivity index (χ3n) is 4.08. The first-order valence-corrected chi connectivity index (χ1v) is 10.1. The van der Waals surface area contributed by atoms with E-state index in [1.165, 1.54) is 12.1 Å². The molecule has 0 saturated carbocycles. The third kappa shape index (κ3) is 5.01. The lowest BCUT2D eigenvalue weighted by Gasteiger charge is -2.06. The van der Waals surface area contributed by atoms with Crippen LogP contribution in [0.4, 0.5) is 0 Å². The van der Waals surface area contributed by atoms with Crippen molar-refractivity contribution >= 4 is 22.8 Å². The number of aromatic nitrogens is 1. The van der Waals surface area contributed by atoms with Gasteiger partial charge in [-0.2, -0.15) is 8.42 Å². The Kier molecular flexibility index (Phi) is 6.00. The quantitative estimate of drug-likeness (QED) is 0.374. The fraction of sp³-hybridized carbons (Fsp3) is 0.200. The predicted molar refractivity (Wildman–Crippen MR) is 106 cm³/mol. The number of hydrogen-bond donors (Lipinski definition) is 3. The van der Waals surface area contributed by atoms with E-state index < -0.39 is 10.1 Å². The van der Waals surface area contributed by atoms with Gasteiger partial charge >= 0.3 is 0 Å². The number of ether oxygens (including phenoxy) is 1. The first-order valence-electron chi connectivity index (χ1n) is 8.72. The van der Waals surface area contributed by atoms with Gasteiger partial charge in [-0.1, -0.05) is 24.3 Å². The van der Waals surface area contributed by atoms with Crippen LogP contribution in [-0.2, 0) is 20.7 Å². The lowest BCUT2D eigenvalue weighted by molar-refractivity contribution is 0.221. The monoisotopic (exact) mass is 419 g/mol. The van der Waals surface area contributed by atoms with Gasteiger partial charge in [0.1, 0.15) is 19.0 Å². The molecule has 9 heteroatoms. The fourth-order valence-corrected chi connectivity index (χ4v) is 3.41. The molecular weight excluding hydrogens is 398 g/mol. The second-order valence-corrected chi connectivity index (χ2v) is 7.91. The summed E-state index contributed by atoms with van der Waals surface area (Å²) < 4.78 is 39.8. The van der Waals surface area contributed by atoms with Crippen LogP contribution >= 0.6 is 0 Å². The third-order valence-corrected chi connectivity index (χ3v) is 5.41. The highest BCUT2D eigenvalue weighted by molar-refractivity contribution is 7.86. The van der Waals surface area contributed by atoms with Gasteiger partial charge in [0.25, 0.3) is 10.1 Å². The summed E-state index contributed by atoms with van der Waals surface area (Å²) in [4.78, 5) is 3.09. The molecule has 3 rings (SSSR count). The minimum atomic E-state index is -3.82. The van der Waals surface area contributed by atoms with Gasteiger partial charge < -0.3 is 24.4 Å². The Hall–Kier alpha value is -3.17. The minimum Gasteiger partial charge on any atom is -0.502 e. The molecule has 0 amide bonds. The number of nitrogens with one attached hydrogen (secondary N) is 1. The Morgan fingerprint density at radius 2 is 1.90 bits per heavy atom. The molecule has 0 aliphatic rings. The zero-order chi connectivity index (χ0) is 21.0. The zero-order valence-corrected chi connectivity index (χ0v) is 16.5. The Bertz CT molecular complexity index is 1190. The molecule has 0 atom stereocenters. The van der Waals surface area contributed by atoms with Gasteiger partial charge in [0.2, 0.25) is 11.5 Å². The van der Waals surface area contributed by atoms with Gasteiger partial charge in [0.15, 0.2) is 10.8 Å². The summed E-state index contributed by atoms with van der Waals surface area (Å²) in [5, 5.41) is 19.2. The number of furan rings is 1. The summed E-state index contributed by atoms with van der Waals surface area (Å²) in [5.41, 5.74) is 1.83. The summed E-state index contributed by atoms with van der Waals surface area (Å²) in [5.74, 6) is -0.230. The van der Waals surface area contributed by atoms with Crippen LogP contribution in [0.25, 0.3) is 12.7 Å². The summed E-state index contributed by atoms with van der Waals surface area (Å²) >= 11 is 0. The number of aromatic hydroxyl groups is 2. The number of H-pyrrole nitrogens is 1. The average molecular weight is 419 g/mol. The van der Waals surface area contributed by atoms with Crippen molar-refractivity contribution in [3.8, 4) is 17.2 Å². The molecule has 3 N–H and O–H groups in total. The lowest BCUT2D eigenvalue weighted by Crippen LogP contribution is -2.12. The second-order valence-electron chi connectivity index (χ2n) is 6.29. The van der Waals surface area contributed by atoms with E-state index in [0.29, 0.717) is 12.2 Å². The summed E-state index contributed by atoms with van der Waals surface area (Å²) in [7, 11) is -3.82. The fourth-order valence-electron chi connectivity index (χ4n) is 2.52. The Morgan fingerprint density at radius 3 is 2.55 bits per heavy atom. The smallest absolute Gasteiger partial charge is 0.297 e. The Morgan fingerprint density at radius 1 is 1.17 bits per heavy atom. The molecule has 8 nitrogen and oxygen atoms in total. The molecule has 0 aliphatic carbocycles. The van der Waals surface area contributed by atoms with E-state index in [9.17, 15) is 18.6 Å². The molecule has 154 valence electrons. The van der Waals surface area contributed by atoms with E-state index in [1.54, 1.807) is 30.5 Å². The summed E-state index contributed by atoms with van der Waals surface area (Å²) in [6, 6.07) is 8.11. The SMILES string of the molecule is C=c1o/c(=C/Cc2cc(OCCOS(=O)(=O)c3ccc(C)cc3)c[nH]2)c(O)c1O. The first kappa shape index (κ1) is 20.6. The van der Waals surface area contributed by atoms with Crippen LogP contribution in [0.5, 0.6) is 17.2 Å². The van der Waals surface area contributed by atoms with Crippen LogP contribution in [0.2, 0.25) is 0 Å². The molecule has 2 aromatic heterocycles. The van der Waals surface area contributed by atoms with Gasteiger partial charge in [0, 0.05) is 24.4 Å². The largest absolute Gasteiger partial charge is 0.502 e. The van der Waals surface area contributed by atoms with Crippen molar-refractivity contribution in [3.05, 3.63) is 58.6 Å². The van der Waals surface area contributed by atoms with Crippen LogP contribution in [0.1, 0.15) is 11.3 Å². The summed E-state index contributed by atoms with van der Waals surface area (Å²) in [6.45, 7) is 5.25. The van der Waals surface area contributed by atoms with Crippen molar-refractivity contribution in [2.24, 2.45) is 0 Å². The second kappa shape index (κ2) is 8.46. The molecule has 29 heavy (non-hydrogen) atoms. The van der Waals surface area contributed by atoms with E-state index >= 15 is 0 Å². The van der Waals surface area contributed by atoms with Crippen molar-refractivity contribution in [1.29, 1.82) is 0 Å². The van der Waals surface area contributed by atoms with Crippen molar-refractivity contribution in [1.82, 2.24) is 4.98 Å². The normalized spacial score (nSPS) is 12.4. The van der Waals surface area contributed by atoms with Gasteiger partial charge in [-0.25, -0.2) is 0 Å². The van der Waals surface area contributed by atoms with Gasteiger partial charge in [-0.05, 0) is 25.1 Å². The molecule has 0 saturated heterocycles. The van der Waals surface area contributed by atoms with Crippen molar-refractivity contribution < 1.29 is 32.0 Å². The standard InChI is InChI=1S/C20H21NO7S/c1-13-3-6-17(7-4-13)29(24,25)27-10-9-26-16-11-15(21-12-16)5-8-18-20(23)19(22)14(2)28-18/h3-4,6-8,11-12,21-23H,2,5,9-10H2,1H3/b18-8+. The van der Waals surface area contributed by atoms with Gasteiger partial charge in [-0.15, -0.1) is 0 Å². The van der Waals surface area contributed by atoms with Crippen LogP contribution < -0.4 is 15.6 Å². The molecular formula is C20H21NO7S. The maximum absolute atomic E-state index is 12.1. The topological polar surface area (TPSA) is 122 Å². The number of benzene rings is 1. The lowest BCUT2D eigenvalue weighted by atomic mass is 10.2. The van der Waals surface area contributed by atoms with Crippen LogP contribution in [0, 0.1) is 6.92 Å². The van der Waals surface area contributed by atoms with Crippen LogP contribution in [0.3, 0.4) is 0 Å². The highest BCUT2D eigenvalue weighted by Crippen LogP contribution is 2.16. The van der Waals surface area contributed by atoms with E-state index in [1.807, 2.05) is 6.92 Å². The number of hydrogen-bond acceptors (Lipinski definition) is 7. The molecule has 0 unspecified atom stereocenters. The van der Waals surface area contributed by atoms with Crippen LogP contribution in [-0.4, -0.2) is 36.8 Å². The number of aryl methyl sites for hydroxylation is 1. The Labute approximate surface area is 167 Å². The maximum Gasteiger partial charge on any atom is 0.297 e. The first-order chi connectivity index (χ1) is 13.8. The molecule has 0 radical (unpaired) electrons. The van der Waals surface area contributed by atoms with Crippen molar-refractivity contribution in [2.45, 2.75) is 18.2 Å². The predicted octanol–water partition coefficient (Wildman–Crippen LogP) is 1.55. The molecule has 3 aromatic rings. The molecule has 0 aliphatic heterocycles. The highest BCUT2D eigenvalue weighted by Gasteiger charge is 2.14. The van der Waals surface area contributed by atoms with E-state index in [0.717, 1.165) is 11.3 Å². The van der Waals surface area contributed by atoms with Gasteiger partial charge in [0.05, 0.1) is 4.90 Å². The van der Waals surface area contributed by atoms with Crippen LogP contribution in [0.15, 0.2) is 45.8 Å². The molecule has 0 spiro atoms. The highest BCUT2D eigenvalue weighted by atomic mass is 32.2. The van der Waals surface area contributed by atoms with Gasteiger partial charge in [-0.3, -0.25) is 4.18 Å². The van der Waals surface area contributed by atoms with E-state index in [4.69, 9.17) is 13.3 Å². The zero-order valence-electron chi connectivity index (χ0n) is 15.7. The number of aromatic amines is 1. The average Bonchev–Trinajstić information content (AvgIpc) is 3.24. The molecule has 0 fully saturated rings. The molecule has 2 heterocycles. The van der Waals surface area contributed by atoms with E-state index in [2.05, 4.69) is 11.6 Å².